The molecule has 3 nitrogen and oxygen atoms in total. The summed E-state index contributed by atoms with van der Waals surface area (Å²) >= 11 is 6.82. The smallest absolute Gasteiger partial charge is 0.258 e. The molecule has 2 rings (SSSR count). The number of thiazole rings is 1. The molecule has 1 aromatic heterocycles. The molecule has 82 valence electrons. The number of amides is 1. The second-order valence-electron chi connectivity index (χ2n) is 2.90. The van der Waals surface area contributed by atoms with E-state index < -0.39 is 0 Å². The molecule has 16 heavy (non-hydrogen) atoms. The summed E-state index contributed by atoms with van der Waals surface area (Å²) in [5, 5.41) is 3.35. The summed E-state index contributed by atoms with van der Waals surface area (Å²) in [6, 6.07) is 7.43. The molecule has 0 aliphatic carbocycles. The lowest BCUT2D eigenvalue weighted by Crippen LogP contribution is -2.12. The second-order valence-corrected chi connectivity index (χ2v) is 6.48. The van der Waals surface area contributed by atoms with Crippen LogP contribution < -0.4 is 5.32 Å². The van der Waals surface area contributed by atoms with Gasteiger partial charge in [-0.2, -0.15) is 0 Å². The SMILES string of the molecule is O=C(Nc1ncc(Br)s1)c1ccccc1I. The van der Waals surface area contributed by atoms with E-state index in [9.17, 15) is 4.79 Å². The Hall–Kier alpha value is -0.470. The molecule has 0 aliphatic rings. The number of nitrogens with zero attached hydrogens (tertiary/aromatic N) is 1. The van der Waals surface area contributed by atoms with Crippen LogP contribution in [-0.4, -0.2) is 10.9 Å². The summed E-state index contributed by atoms with van der Waals surface area (Å²) in [4.78, 5) is 15.9. The van der Waals surface area contributed by atoms with Gasteiger partial charge < -0.3 is 0 Å². The Bertz CT molecular complexity index is 529. The largest absolute Gasteiger partial charge is 0.298 e. The molecule has 6 heteroatoms. The Morgan fingerprint density at radius 3 is 2.81 bits per heavy atom. The van der Waals surface area contributed by atoms with E-state index in [0.717, 1.165) is 7.36 Å². The average molecular weight is 409 g/mol. The van der Waals surface area contributed by atoms with Gasteiger partial charge in [0.25, 0.3) is 5.91 Å². The lowest BCUT2D eigenvalue weighted by Gasteiger charge is -2.03. The van der Waals surface area contributed by atoms with Gasteiger partial charge in [-0.05, 0) is 50.7 Å². The summed E-state index contributed by atoms with van der Waals surface area (Å²) in [6.45, 7) is 0. The van der Waals surface area contributed by atoms with Crippen molar-refractivity contribution in [2.45, 2.75) is 0 Å². The highest BCUT2D eigenvalue weighted by Crippen LogP contribution is 2.24. The first-order valence-electron chi connectivity index (χ1n) is 4.34. The normalized spacial score (nSPS) is 10.1. The van der Waals surface area contributed by atoms with Crippen LogP contribution in [0.25, 0.3) is 0 Å². The van der Waals surface area contributed by atoms with Gasteiger partial charge in [-0.3, -0.25) is 10.1 Å². The Balaban J connectivity index is 2.18. The van der Waals surface area contributed by atoms with E-state index in [0.29, 0.717) is 10.7 Å². The maximum atomic E-state index is 11.9. The highest BCUT2D eigenvalue weighted by molar-refractivity contribution is 14.1. The molecule has 0 aliphatic heterocycles. The highest BCUT2D eigenvalue weighted by Gasteiger charge is 2.10. The number of anilines is 1. The van der Waals surface area contributed by atoms with Gasteiger partial charge in [-0.1, -0.05) is 23.5 Å². The van der Waals surface area contributed by atoms with Gasteiger partial charge in [0.05, 0.1) is 15.5 Å². The number of nitrogens with one attached hydrogen (secondary N) is 1. The van der Waals surface area contributed by atoms with Crippen LogP contribution in [0.1, 0.15) is 10.4 Å². The first kappa shape index (κ1) is 12.0. The maximum absolute atomic E-state index is 11.9. The van der Waals surface area contributed by atoms with Gasteiger partial charge in [-0.25, -0.2) is 4.98 Å². The van der Waals surface area contributed by atoms with Crippen molar-refractivity contribution in [3.8, 4) is 0 Å². The molecule has 1 heterocycles. The fourth-order valence-corrected chi connectivity index (χ4v) is 2.86. The van der Waals surface area contributed by atoms with Crippen molar-refractivity contribution in [2.75, 3.05) is 5.32 Å². The Kier molecular flexibility index (Phi) is 3.93. The maximum Gasteiger partial charge on any atom is 0.258 e. The molecular formula is C10H6BrIN2OS. The van der Waals surface area contributed by atoms with E-state index in [2.05, 4.69) is 48.8 Å². The summed E-state index contributed by atoms with van der Waals surface area (Å²) in [5.74, 6) is -0.133. The molecule has 0 saturated carbocycles. The first-order valence-corrected chi connectivity index (χ1v) is 7.03. The quantitative estimate of drug-likeness (QED) is 0.768. The predicted molar refractivity (Wildman–Crippen MR) is 76.9 cm³/mol. The van der Waals surface area contributed by atoms with E-state index in [1.165, 1.54) is 11.3 Å². The minimum Gasteiger partial charge on any atom is -0.298 e. The van der Waals surface area contributed by atoms with Crippen LogP contribution in [0.2, 0.25) is 0 Å². The van der Waals surface area contributed by atoms with Crippen LogP contribution in [0.5, 0.6) is 0 Å². The third kappa shape index (κ3) is 2.80. The van der Waals surface area contributed by atoms with Gasteiger partial charge in [0.2, 0.25) is 0 Å². The topological polar surface area (TPSA) is 42.0 Å². The van der Waals surface area contributed by atoms with Crippen molar-refractivity contribution in [3.63, 3.8) is 0 Å². The zero-order valence-corrected chi connectivity index (χ0v) is 12.5. The molecule has 0 atom stereocenters. The van der Waals surface area contributed by atoms with E-state index in [4.69, 9.17) is 0 Å². The Morgan fingerprint density at radius 1 is 1.44 bits per heavy atom. The number of carbonyl (C=O) groups is 1. The number of rotatable bonds is 2. The van der Waals surface area contributed by atoms with Gasteiger partial charge in [-0.15, -0.1) is 0 Å². The van der Waals surface area contributed by atoms with Crippen molar-refractivity contribution >= 4 is 60.9 Å². The molecule has 0 unspecified atom stereocenters. The molecule has 0 radical (unpaired) electrons. The van der Waals surface area contributed by atoms with E-state index in [1.807, 2.05) is 18.2 Å². The molecule has 1 amide bonds. The fourth-order valence-electron chi connectivity index (χ4n) is 1.12. The highest BCUT2D eigenvalue weighted by atomic mass is 127. The number of benzene rings is 1. The van der Waals surface area contributed by atoms with Gasteiger partial charge in [0, 0.05) is 3.57 Å². The lowest BCUT2D eigenvalue weighted by atomic mass is 10.2. The fraction of sp³-hybridized carbons (Fsp3) is 0. The zero-order chi connectivity index (χ0) is 11.5. The van der Waals surface area contributed by atoms with Crippen LogP contribution in [0.15, 0.2) is 34.2 Å². The monoisotopic (exact) mass is 408 g/mol. The average Bonchev–Trinajstić information content (AvgIpc) is 2.64. The molecular weight excluding hydrogens is 403 g/mol. The third-order valence-corrected chi connectivity index (χ3v) is 4.15. The molecule has 1 aromatic carbocycles. The standard InChI is InChI=1S/C10H6BrIN2OS/c11-8-5-13-10(16-8)14-9(15)6-3-1-2-4-7(6)12/h1-5H,(H,13,14,15). The van der Waals surface area contributed by atoms with Crippen LogP contribution in [0.3, 0.4) is 0 Å². The van der Waals surface area contributed by atoms with E-state index >= 15 is 0 Å². The molecule has 0 fully saturated rings. The van der Waals surface area contributed by atoms with Crippen LogP contribution >= 0.6 is 49.9 Å². The van der Waals surface area contributed by atoms with E-state index in [-0.39, 0.29) is 5.91 Å². The summed E-state index contributed by atoms with van der Waals surface area (Å²) in [5.41, 5.74) is 0.662. The summed E-state index contributed by atoms with van der Waals surface area (Å²) < 4.78 is 1.82. The number of hydrogen-bond donors (Lipinski definition) is 1. The summed E-state index contributed by atoms with van der Waals surface area (Å²) in [7, 11) is 0. The van der Waals surface area contributed by atoms with Gasteiger partial charge >= 0.3 is 0 Å². The van der Waals surface area contributed by atoms with Gasteiger partial charge in [0.15, 0.2) is 5.13 Å². The molecule has 0 spiro atoms. The van der Waals surface area contributed by atoms with E-state index in [1.54, 1.807) is 12.3 Å². The minimum absolute atomic E-state index is 0.133. The zero-order valence-electron chi connectivity index (χ0n) is 7.91. The second kappa shape index (κ2) is 5.24. The predicted octanol–water partition coefficient (Wildman–Crippen LogP) is 3.76. The first-order chi connectivity index (χ1) is 7.66. The third-order valence-electron chi connectivity index (χ3n) is 1.82. The van der Waals surface area contributed by atoms with Crippen molar-refractivity contribution in [1.82, 2.24) is 4.98 Å². The molecule has 0 bridgehead atoms. The minimum atomic E-state index is -0.133. The lowest BCUT2D eigenvalue weighted by molar-refractivity contribution is 0.102. The number of halogens is 2. The van der Waals surface area contributed by atoms with Crippen LogP contribution in [0, 0.1) is 3.57 Å². The molecule has 2 aromatic rings. The van der Waals surface area contributed by atoms with Crippen molar-refractivity contribution in [2.24, 2.45) is 0 Å². The Morgan fingerprint density at radius 2 is 2.19 bits per heavy atom. The molecule has 1 N–H and O–H groups in total. The van der Waals surface area contributed by atoms with Crippen molar-refractivity contribution in [1.29, 1.82) is 0 Å². The van der Waals surface area contributed by atoms with Crippen LogP contribution in [0.4, 0.5) is 5.13 Å². The van der Waals surface area contributed by atoms with Crippen molar-refractivity contribution < 1.29 is 4.79 Å². The van der Waals surface area contributed by atoms with Crippen LogP contribution in [-0.2, 0) is 0 Å². The molecule has 0 saturated heterocycles. The number of hydrogen-bond acceptors (Lipinski definition) is 3. The van der Waals surface area contributed by atoms with Gasteiger partial charge in [0.1, 0.15) is 0 Å². The number of carbonyl (C=O) groups excluding carboxylic acids is 1. The Labute approximate surface area is 119 Å². The van der Waals surface area contributed by atoms with Crippen molar-refractivity contribution in [3.05, 3.63) is 43.4 Å². The summed E-state index contributed by atoms with van der Waals surface area (Å²) in [6.07, 6.45) is 1.66. The number of aromatic nitrogens is 1.